The largest absolute Gasteiger partial charge is 0.477 e. The van der Waals surface area contributed by atoms with Crippen LogP contribution in [-0.4, -0.2) is 35.1 Å². The molecule has 0 radical (unpaired) electrons. The lowest BCUT2D eigenvalue weighted by Crippen LogP contribution is -2.39. The van der Waals surface area contributed by atoms with Gasteiger partial charge >= 0.3 is 5.97 Å². The summed E-state index contributed by atoms with van der Waals surface area (Å²) in [5.74, 6) is -0.821. The Balaban J connectivity index is 1.98. The second kappa shape index (κ2) is 4.95. The van der Waals surface area contributed by atoms with Gasteiger partial charge in [-0.1, -0.05) is 0 Å². The van der Waals surface area contributed by atoms with Gasteiger partial charge in [-0.05, 0) is 42.9 Å². The zero-order chi connectivity index (χ0) is 11.5. The smallest absolute Gasteiger partial charge is 0.346 e. The number of hydrogen-bond acceptors (Lipinski definition) is 4. The molecule has 1 aromatic heterocycles. The summed E-state index contributed by atoms with van der Waals surface area (Å²) in [6.07, 6.45) is 2.01. The number of aromatic carboxylic acids is 1. The third-order valence-corrected chi connectivity index (χ3v) is 3.91. The highest BCUT2D eigenvalue weighted by atomic mass is 32.1. The molecule has 4 nitrogen and oxygen atoms in total. The van der Waals surface area contributed by atoms with E-state index in [0.29, 0.717) is 10.9 Å². The van der Waals surface area contributed by atoms with Crippen molar-refractivity contribution in [1.82, 2.24) is 4.90 Å². The second-order valence-corrected chi connectivity index (χ2v) is 5.11. The molecule has 16 heavy (non-hydrogen) atoms. The average Bonchev–Trinajstić information content (AvgIpc) is 2.69. The molecule has 0 saturated carbocycles. The minimum Gasteiger partial charge on any atom is -0.477 e. The molecule has 88 valence electrons. The number of hydrogen-bond donors (Lipinski definition) is 2. The zero-order valence-corrected chi connectivity index (χ0v) is 9.87. The summed E-state index contributed by atoms with van der Waals surface area (Å²) >= 11 is 1.30. The predicted molar refractivity (Wildman–Crippen MR) is 63.8 cm³/mol. The molecule has 1 aromatic rings. The predicted octanol–water partition coefficient (Wildman–Crippen LogP) is 1.37. The SMILES string of the molecule is NC1CCN(Cc2ccsc2C(=O)O)CC1. The van der Waals surface area contributed by atoms with Gasteiger partial charge in [-0.2, -0.15) is 0 Å². The van der Waals surface area contributed by atoms with Gasteiger partial charge in [-0.25, -0.2) is 4.79 Å². The van der Waals surface area contributed by atoms with Gasteiger partial charge in [0.1, 0.15) is 4.88 Å². The monoisotopic (exact) mass is 240 g/mol. The Kier molecular flexibility index (Phi) is 3.58. The van der Waals surface area contributed by atoms with Gasteiger partial charge in [-0.15, -0.1) is 11.3 Å². The summed E-state index contributed by atoms with van der Waals surface area (Å²) in [5, 5.41) is 10.8. The molecule has 0 aromatic carbocycles. The third-order valence-electron chi connectivity index (χ3n) is 2.97. The average molecular weight is 240 g/mol. The maximum Gasteiger partial charge on any atom is 0.346 e. The number of carboxylic acid groups (broad SMARTS) is 1. The molecule has 0 atom stereocenters. The van der Waals surface area contributed by atoms with Crippen molar-refractivity contribution < 1.29 is 9.90 Å². The van der Waals surface area contributed by atoms with Crippen LogP contribution >= 0.6 is 11.3 Å². The van der Waals surface area contributed by atoms with E-state index in [4.69, 9.17) is 10.8 Å². The van der Waals surface area contributed by atoms with Gasteiger partial charge < -0.3 is 10.8 Å². The summed E-state index contributed by atoms with van der Waals surface area (Å²) in [6, 6.07) is 2.22. The molecule has 0 spiro atoms. The van der Waals surface area contributed by atoms with E-state index in [0.717, 1.165) is 38.0 Å². The second-order valence-electron chi connectivity index (χ2n) is 4.19. The van der Waals surface area contributed by atoms with Crippen molar-refractivity contribution in [1.29, 1.82) is 0 Å². The quantitative estimate of drug-likeness (QED) is 0.837. The molecule has 1 saturated heterocycles. The molecule has 2 heterocycles. The fourth-order valence-corrected chi connectivity index (χ4v) is 2.75. The highest BCUT2D eigenvalue weighted by molar-refractivity contribution is 7.12. The minimum absolute atomic E-state index is 0.317. The number of carboxylic acids is 1. The van der Waals surface area contributed by atoms with Gasteiger partial charge in [-0.3, -0.25) is 4.90 Å². The molecular formula is C11H16N2O2S. The van der Waals surface area contributed by atoms with Gasteiger partial charge in [0.2, 0.25) is 0 Å². The number of likely N-dealkylation sites (tertiary alicyclic amines) is 1. The summed E-state index contributed by atoms with van der Waals surface area (Å²) in [7, 11) is 0. The Morgan fingerprint density at radius 2 is 2.25 bits per heavy atom. The van der Waals surface area contributed by atoms with Crippen LogP contribution in [0.3, 0.4) is 0 Å². The van der Waals surface area contributed by atoms with Crippen LogP contribution in [0.4, 0.5) is 0 Å². The Bertz CT molecular complexity index is 370. The van der Waals surface area contributed by atoms with Crippen molar-refractivity contribution in [2.75, 3.05) is 13.1 Å². The Labute approximate surface area is 98.7 Å². The molecule has 1 aliphatic rings. The standard InChI is InChI=1S/C11H16N2O2S/c12-9-1-4-13(5-2-9)7-8-3-6-16-10(8)11(14)15/h3,6,9H,1-2,4-5,7,12H2,(H,14,15). The summed E-state index contributed by atoms with van der Waals surface area (Å²) in [4.78, 5) is 13.7. The van der Waals surface area contributed by atoms with Crippen LogP contribution < -0.4 is 5.73 Å². The molecule has 3 N–H and O–H groups in total. The van der Waals surface area contributed by atoms with E-state index < -0.39 is 5.97 Å². The van der Waals surface area contributed by atoms with Crippen LogP contribution in [-0.2, 0) is 6.54 Å². The Hall–Kier alpha value is -0.910. The van der Waals surface area contributed by atoms with Crippen molar-refractivity contribution >= 4 is 17.3 Å². The van der Waals surface area contributed by atoms with E-state index in [2.05, 4.69) is 4.90 Å². The van der Waals surface area contributed by atoms with Crippen molar-refractivity contribution in [2.45, 2.75) is 25.4 Å². The van der Waals surface area contributed by atoms with Crippen molar-refractivity contribution in [3.8, 4) is 0 Å². The molecule has 0 amide bonds. The first-order valence-electron chi connectivity index (χ1n) is 5.44. The lowest BCUT2D eigenvalue weighted by Gasteiger charge is -2.29. The number of thiophene rings is 1. The van der Waals surface area contributed by atoms with Gasteiger partial charge in [0.25, 0.3) is 0 Å². The highest BCUT2D eigenvalue weighted by Gasteiger charge is 2.19. The summed E-state index contributed by atoms with van der Waals surface area (Å²) in [5.41, 5.74) is 6.75. The maximum absolute atomic E-state index is 10.9. The van der Waals surface area contributed by atoms with Crippen LogP contribution in [0.5, 0.6) is 0 Å². The van der Waals surface area contributed by atoms with Crippen molar-refractivity contribution in [2.24, 2.45) is 5.73 Å². The van der Waals surface area contributed by atoms with E-state index in [1.807, 2.05) is 11.4 Å². The third kappa shape index (κ3) is 2.61. The number of nitrogens with zero attached hydrogens (tertiary/aromatic N) is 1. The number of carbonyl (C=O) groups is 1. The first kappa shape index (κ1) is 11.6. The van der Waals surface area contributed by atoms with Gasteiger partial charge in [0.05, 0.1) is 0 Å². The molecule has 1 fully saturated rings. The normalized spacial score (nSPS) is 18.8. The number of piperidine rings is 1. The van der Waals surface area contributed by atoms with Crippen LogP contribution in [0.15, 0.2) is 11.4 Å². The van der Waals surface area contributed by atoms with E-state index in [-0.39, 0.29) is 0 Å². The Morgan fingerprint density at radius 3 is 2.88 bits per heavy atom. The van der Waals surface area contributed by atoms with Crippen molar-refractivity contribution in [3.05, 3.63) is 21.9 Å². The first-order valence-corrected chi connectivity index (χ1v) is 6.32. The van der Waals surface area contributed by atoms with Crippen LogP contribution in [0.1, 0.15) is 28.1 Å². The molecule has 0 bridgehead atoms. The van der Waals surface area contributed by atoms with Crippen LogP contribution in [0.25, 0.3) is 0 Å². The zero-order valence-electron chi connectivity index (χ0n) is 9.06. The molecule has 0 aliphatic carbocycles. The molecule has 2 rings (SSSR count). The first-order chi connectivity index (χ1) is 7.66. The fraction of sp³-hybridized carbons (Fsp3) is 0.545. The lowest BCUT2D eigenvalue weighted by atomic mass is 10.1. The fourth-order valence-electron chi connectivity index (χ4n) is 2.00. The minimum atomic E-state index is -0.821. The Morgan fingerprint density at radius 1 is 1.56 bits per heavy atom. The van der Waals surface area contributed by atoms with Gasteiger partial charge in [0.15, 0.2) is 0 Å². The van der Waals surface area contributed by atoms with E-state index in [9.17, 15) is 4.79 Å². The lowest BCUT2D eigenvalue weighted by molar-refractivity contribution is 0.0699. The van der Waals surface area contributed by atoms with E-state index in [1.54, 1.807) is 0 Å². The number of nitrogens with two attached hydrogens (primary N) is 1. The summed E-state index contributed by atoms with van der Waals surface area (Å²) < 4.78 is 0. The maximum atomic E-state index is 10.9. The highest BCUT2D eigenvalue weighted by Crippen LogP contribution is 2.20. The van der Waals surface area contributed by atoms with E-state index in [1.165, 1.54) is 11.3 Å². The van der Waals surface area contributed by atoms with Crippen LogP contribution in [0.2, 0.25) is 0 Å². The summed E-state index contributed by atoms with van der Waals surface area (Å²) in [6.45, 7) is 2.67. The number of rotatable bonds is 3. The molecule has 5 heteroatoms. The van der Waals surface area contributed by atoms with Gasteiger partial charge in [0, 0.05) is 12.6 Å². The van der Waals surface area contributed by atoms with Crippen LogP contribution in [0, 0.1) is 0 Å². The molecule has 1 aliphatic heterocycles. The van der Waals surface area contributed by atoms with E-state index >= 15 is 0 Å². The topological polar surface area (TPSA) is 66.6 Å². The molecule has 0 unspecified atom stereocenters. The van der Waals surface area contributed by atoms with Crippen molar-refractivity contribution in [3.63, 3.8) is 0 Å². The molecular weight excluding hydrogens is 224 g/mol.